The van der Waals surface area contributed by atoms with E-state index < -0.39 is 0 Å². The van der Waals surface area contributed by atoms with Gasteiger partial charge in [-0.1, -0.05) is 23.7 Å². The van der Waals surface area contributed by atoms with Gasteiger partial charge >= 0.3 is 5.97 Å². The van der Waals surface area contributed by atoms with E-state index in [1.165, 1.54) is 7.11 Å². The van der Waals surface area contributed by atoms with Crippen molar-refractivity contribution in [2.75, 3.05) is 7.11 Å². The molecule has 5 heteroatoms. The molecule has 0 spiro atoms. The minimum Gasteiger partial charge on any atom is -0.487 e. The van der Waals surface area contributed by atoms with E-state index >= 15 is 0 Å². The molecule has 23 heavy (non-hydrogen) atoms. The van der Waals surface area contributed by atoms with Gasteiger partial charge < -0.3 is 9.47 Å². The third-order valence-electron chi connectivity index (χ3n) is 3.70. The van der Waals surface area contributed by atoms with Gasteiger partial charge in [0.15, 0.2) is 0 Å². The normalized spacial score (nSPS) is 10.5. The molecule has 0 aliphatic carbocycles. The van der Waals surface area contributed by atoms with Crippen LogP contribution >= 0.6 is 34.2 Å². The molecule has 122 valence electrons. The first-order valence-electron chi connectivity index (χ1n) is 7.15. The van der Waals surface area contributed by atoms with E-state index in [9.17, 15) is 4.79 Å². The zero-order valence-corrected chi connectivity index (χ0v) is 16.2. The predicted molar refractivity (Wildman–Crippen MR) is 100 cm³/mol. The summed E-state index contributed by atoms with van der Waals surface area (Å²) in [7, 11) is 1.39. The lowest BCUT2D eigenvalue weighted by atomic mass is 10.1. The van der Waals surface area contributed by atoms with Crippen LogP contribution in [0.15, 0.2) is 30.3 Å². The van der Waals surface area contributed by atoms with Gasteiger partial charge in [-0.25, -0.2) is 0 Å². The Morgan fingerprint density at radius 2 is 1.91 bits per heavy atom. The molecule has 2 aromatic carbocycles. The number of halogens is 2. The van der Waals surface area contributed by atoms with Gasteiger partial charge in [0.05, 0.1) is 18.6 Å². The maximum Gasteiger partial charge on any atom is 0.309 e. The molecule has 0 radical (unpaired) electrons. The Kier molecular flexibility index (Phi) is 6.30. The van der Waals surface area contributed by atoms with Crippen LogP contribution in [0.1, 0.15) is 22.3 Å². The Morgan fingerprint density at radius 3 is 2.61 bits per heavy atom. The standard InChI is InChI=1S/C18H18ClIO3/c1-11-7-15(19)17(8-12(11)2)23-10-14-13(9-18(21)22-3)5-4-6-16(14)20/h4-8H,9-10H2,1-3H3. The van der Waals surface area contributed by atoms with Gasteiger partial charge in [0.1, 0.15) is 12.4 Å². The molecule has 3 nitrogen and oxygen atoms in total. The first-order chi connectivity index (χ1) is 10.9. The average Bonchev–Trinajstić information content (AvgIpc) is 2.51. The van der Waals surface area contributed by atoms with Gasteiger partial charge in [-0.15, -0.1) is 0 Å². The van der Waals surface area contributed by atoms with Crippen LogP contribution < -0.4 is 4.74 Å². The van der Waals surface area contributed by atoms with Crippen LogP contribution in [0, 0.1) is 17.4 Å². The van der Waals surface area contributed by atoms with Gasteiger partial charge in [0.2, 0.25) is 0 Å². The molecule has 0 aliphatic heterocycles. The second kappa shape index (κ2) is 8.02. The second-order valence-electron chi connectivity index (χ2n) is 5.29. The SMILES string of the molecule is COC(=O)Cc1cccc(I)c1COc1cc(C)c(C)cc1Cl. The summed E-state index contributed by atoms with van der Waals surface area (Å²) in [5.41, 5.74) is 4.14. The van der Waals surface area contributed by atoms with Crippen molar-refractivity contribution in [2.24, 2.45) is 0 Å². The number of hydrogen-bond donors (Lipinski definition) is 0. The number of rotatable bonds is 5. The lowest BCUT2D eigenvalue weighted by Crippen LogP contribution is -2.10. The van der Waals surface area contributed by atoms with E-state index in [0.29, 0.717) is 17.4 Å². The Bertz CT molecular complexity index is 728. The maximum atomic E-state index is 11.6. The summed E-state index contributed by atoms with van der Waals surface area (Å²) in [4.78, 5) is 11.6. The number of aryl methyl sites for hydroxylation is 2. The molecule has 0 heterocycles. The molecular formula is C18H18ClIO3. The van der Waals surface area contributed by atoms with Gasteiger partial charge in [-0.2, -0.15) is 0 Å². The lowest BCUT2D eigenvalue weighted by molar-refractivity contribution is -0.139. The molecule has 2 aromatic rings. The number of methoxy groups -OCH3 is 1. The summed E-state index contributed by atoms with van der Waals surface area (Å²) in [6.07, 6.45) is 0.229. The van der Waals surface area contributed by atoms with Crippen molar-refractivity contribution in [3.63, 3.8) is 0 Å². The van der Waals surface area contributed by atoms with Crippen molar-refractivity contribution in [2.45, 2.75) is 26.9 Å². The summed E-state index contributed by atoms with van der Waals surface area (Å²) in [5.74, 6) is 0.385. The zero-order chi connectivity index (χ0) is 17.0. The molecule has 0 N–H and O–H groups in total. The number of carbonyl (C=O) groups excluding carboxylic acids is 1. The quantitative estimate of drug-likeness (QED) is 0.488. The van der Waals surface area contributed by atoms with Crippen LogP contribution in [-0.2, 0) is 22.6 Å². The Balaban J connectivity index is 2.23. The zero-order valence-electron chi connectivity index (χ0n) is 13.3. The maximum absolute atomic E-state index is 11.6. The molecule has 0 aliphatic rings. The van der Waals surface area contributed by atoms with Crippen molar-refractivity contribution in [1.82, 2.24) is 0 Å². The van der Waals surface area contributed by atoms with Crippen LogP contribution in [0.4, 0.5) is 0 Å². The third-order valence-corrected chi connectivity index (χ3v) is 5.00. The van der Waals surface area contributed by atoms with Gasteiger partial charge in [0.25, 0.3) is 0 Å². The van der Waals surface area contributed by atoms with Crippen LogP contribution in [0.5, 0.6) is 5.75 Å². The molecule has 0 fully saturated rings. The number of ether oxygens (including phenoxy) is 2. The van der Waals surface area contributed by atoms with Gasteiger partial charge in [-0.3, -0.25) is 4.79 Å². The molecule has 2 rings (SSSR count). The fourth-order valence-electron chi connectivity index (χ4n) is 2.17. The van der Waals surface area contributed by atoms with Crippen LogP contribution in [0.2, 0.25) is 5.02 Å². The minimum absolute atomic E-state index is 0.229. The summed E-state index contributed by atoms with van der Waals surface area (Å²) in [5, 5.41) is 0.591. The topological polar surface area (TPSA) is 35.5 Å². The number of hydrogen-bond acceptors (Lipinski definition) is 3. The average molecular weight is 445 g/mol. The molecule has 0 aromatic heterocycles. The van der Waals surface area contributed by atoms with Crippen LogP contribution in [-0.4, -0.2) is 13.1 Å². The first-order valence-corrected chi connectivity index (χ1v) is 8.60. The van der Waals surface area contributed by atoms with Crippen LogP contribution in [0.25, 0.3) is 0 Å². The molecule has 0 saturated heterocycles. The number of benzene rings is 2. The largest absolute Gasteiger partial charge is 0.487 e. The molecule has 0 atom stereocenters. The van der Waals surface area contributed by atoms with E-state index in [0.717, 1.165) is 25.8 Å². The smallest absolute Gasteiger partial charge is 0.309 e. The van der Waals surface area contributed by atoms with Crippen molar-refractivity contribution in [1.29, 1.82) is 0 Å². The summed E-state index contributed by atoms with van der Waals surface area (Å²) in [6.45, 7) is 4.39. The summed E-state index contributed by atoms with van der Waals surface area (Å²) in [6, 6.07) is 9.67. The van der Waals surface area contributed by atoms with Gasteiger partial charge in [0, 0.05) is 9.13 Å². The van der Waals surface area contributed by atoms with E-state index in [4.69, 9.17) is 21.1 Å². The van der Waals surface area contributed by atoms with E-state index in [1.807, 2.05) is 44.2 Å². The Morgan fingerprint density at radius 1 is 1.22 bits per heavy atom. The highest BCUT2D eigenvalue weighted by Crippen LogP contribution is 2.29. The number of esters is 1. The van der Waals surface area contributed by atoms with Crippen molar-refractivity contribution in [3.05, 3.63) is 61.2 Å². The molecule has 0 amide bonds. The molecule has 0 saturated carbocycles. The van der Waals surface area contributed by atoms with E-state index in [1.54, 1.807) is 0 Å². The second-order valence-corrected chi connectivity index (χ2v) is 6.86. The van der Waals surface area contributed by atoms with Crippen LogP contribution in [0.3, 0.4) is 0 Å². The van der Waals surface area contributed by atoms with Gasteiger partial charge in [-0.05, 0) is 71.3 Å². The first kappa shape index (κ1) is 18.1. The van der Waals surface area contributed by atoms with Crippen molar-refractivity contribution < 1.29 is 14.3 Å². The molecular weight excluding hydrogens is 427 g/mol. The third kappa shape index (κ3) is 4.61. The highest BCUT2D eigenvalue weighted by molar-refractivity contribution is 14.1. The predicted octanol–water partition coefficient (Wildman–Crippen LogP) is 4.86. The Labute approximate surface area is 155 Å². The monoisotopic (exact) mass is 444 g/mol. The number of carbonyl (C=O) groups is 1. The van der Waals surface area contributed by atoms with Crippen molar-refractivity contribution in [3.8, 4) is 5.75 Å². The molecule has 0 unspecified atom stereocenters. The van der Waals surface area contributed by atoms with E-state index in [2.05, 4.69) is 22.6 Å². The summed E-state index contributed by atoms with van der Waals surface area (Å²) >= 11 is 8.50. The summed E-state index contributed by atoms with van der Waals surface area (Å²) < 4.78 is 11.7. The van der Waals surface area contributed by atoms with Crippen molar-refractivity contribution >= 4 is 40.2 Å². The lowest BCUT2D eigenvalue weighted by Gasteiger charge is -2.14. The minimum atomic E-state index is -0.266. The highest BCUT2D eigenvalue weighted by Gasteiger charge is 2.13. The Hall–Kier alpha value is -1.27. The highest BCUT2D eigenvalue weighted by atomic mass is 127. The fraction of sp³-hybridized carbons (Fsp3) is 0.278. The molecule has 0 bridgehead atoms. The van der Waals surface area contributed by atoms with E-state index in [-0.39, 0.29) is 12.4 Å². The fourth-order valence-corrected chi connectivity index (χ4v) is 3.16.